The molecule has 1 unspecified atom stereocenters. The molecule has 104 valence electrons. The van der Waals surface area contributed by atoms with Gasteiger partial charge in [0.1, 0.15) is 0 Å². The van der Waals surface area contributed by atoms with Crippen LogP contribution in [0, 0.1) is 0 Å². The first-order valence-electron chi connectivity index (χ1n) is 6.62. The van der Waals surface area contributed by atoms with Gasteiger partial charge >= 0.3 is 134 Å². The molecule has 20 heavy (non-hydrogen) atoms. The number of aliphatic hydroxyl groups is 1. The molecule has 2 rings (SSSR count). The van der Waals surface area contributed by atoms with Gasteiger partial charge in [0, 0.05) is 0 Å². The van der Waals surface area contributed by atoms with Crippen LogP contribution < -0.4 is 8.92 Å². The van der Waals surface area contributed by atoms with Crippen LogP contribution in [0.2, 0.25) is 0 Å². The van der Waals surface area contributed by atoms with Gasteiger partial charge in [0.2, 0.25) is 0 Å². The summed E-state index contributed by atoms with van der Waals surface area (Å²) >= 11 is 0.510. The van der Waals surface area contributed by atoms with Crippen molar-refractivity contribution in [2.75, 3.05) is 0 Å². The first-order valence-corrected chi connectivity index (χ1v) is 10.2. The number of benzene rings is 2. The molecule has 0 saturated carbocycles. The van der Waals surface area contributed by atoms with Gasteiger partial charge < -0.3 is 0 Å². The van der Waals surface area contributed by atoms with E-state index in [0.717, 1.165) is 6.42 Å². The van der Waals surface area contributed by atoms with Gasteiger partial charge in [-0.05, 0) is 0 Å². The van der Waals surface area contributed by atoms with Gasteiger partial charge in [-0.1, -0.05) is 0 Å². The Morgan fingerprint density at radius 3 is 2.10 bits per heavy atom. The van der Waals surface area contributed by atoms with Gasteiger partial charge in [-0.3, -0.25) is 0 Å². The van der Waals surface area contributed by atoms with E-state index in [0.29, 0.717) is 15.0 Å². The van der Waals surface area contributed by atoms with Crippen LogP contribution in [0.25, 0.3) is 0 Å². The fourth-order valence-electron chi connectivity index (χ4n) is 1.62. The van der Waals surface area contributed by atoms with E-state index < -0.39 is 0 Å². The molecular weight excluding hydrogens is 378 g/mol. The quantitative estimate of drug-likeness (QED) is 0.737. The van der Waals surface area contributed by atoms with Gasteiger partial charge in [0.25, 0.3) is 0 Å². The SMILES string of the molecule is CCC(O)/C(=C/[Se]c1ccccc1)[Se]c1ccccc1. The maximum absolute atomic E-state index is 10.2. The number of hydrogen-bond donors (Lipinski definition) is 1. The molecule has 0 bridgehead atoms. The Morgan fingerprint density at radius 1 is 1.00 bits per heavy atom. The molecule has 3 heteroatoms. The second-order valence-electron chi connectivity index (χ2n) is 4.29. The summed E-state index contributed by atoms with van der Waals surface area (Å²) in [6.45, 7) is 2.04. The molecule has 0 heterocycles. The van der Waals surface area contributed by atoms with Crippen molar-refractivity contribution < 1.29 is 5.11 Å². The van der Waals surface area contributed by atoms with Crippen molar-refractivity contribution in [3.8, 4) is 0 Å². The van der Waals surface area contributed by atoms with Crippen molar-refractivity contribution in [1.82, 2.24) is 0 Å². The Hall–Kier alpha value is -0.821. The topological polar surface area (TPSA) is 20.2 Å². The van der Waals surface area contributed by atoms with Gasteiger partial charge in [-0.25, -0.2) is 0 Å². The molecule has 0 aliphatic rings. The van der Waals surface area contributed by atoms with E-state index >= 15 is 0 Å². The summed E-state index contributed by atoms with van der Waals surface area (Å²) in [6.07, 6.45) is 0.478. The van der Waals surface area contributed by atoms with Gasteiger partial charge in [-0.2, -0.15) is 0 Å². The van der Waals surface area contributed by atoms with Crippen molar-refractivity contribution >= 4 is 38.8 Å². The third kappa shape index (κ3) is 4.94. The van der Waals surface area contributed by atoms with Crippen molar-refractivity contribution in [1.29, 1.82) is 0 Å². The van der Waals surface area contributed by atoms with Gasteiger partial charge in [0.05, 0.1) is 0 Å². The predicted molar refractivity (Wildman–Crippen MR) is 88.0 cm³/mol. The van der Waals surface area contributed by atoms with E-state index in [2.05, 4.69) is 53.5 Å². The summed E-state index contributed by atoms with van der Waals surface area (Å²) < 4.78 is 3.88. The van der Waals surface area contributed by atoms with Crippen LogP contribution in [-0.2, 0) is 0 Å². The number of hydrogen-bond acceptors (Lipinski definition) is 1. The Labute approximate surface area is 133 Å². The van der Waals surface area contributed by atoms with E-state index in [1.54, 1.807) is 0 Å². The maximum atomic E-state index is 10.2. The molecule has 0 aliphatic carbocycles. The van der Waals surface area contributed by atoms with Crippen molar-refractivity contribution in [3.05, 3.63) is 70.1 Å². The van der Waals surface area contributed by atoms with Crippen LogP contribution >= 0.6 is 0 Å². The molecule has 1 nitrogen and oxygen atoms in total. The Balaban J connectivity index is 2.11. The van der Waals surface area contributed by atoms with E-state index in [-0.39, 0.29) is 21.1 Å². The fraction of sp³-hybridized carbons (Fsp3) is 0.176. The first-order chi connectivity index (χ1) is 9.79. The Morgan fingerprint density at radius 2 is 1.55 bits per heavy atom. The van der Waals surface area contributed by atoms with E-state index in [9.17, 15) is 5.11 Å². The minimum atomic E-state index is -0.305. The van der Waals surface area contributed by atoms with E-state index in [1.807, 2.05) is 19.1 Å². The Bertz CT molecular complexity index is 537. The van der Waals surface area contributed by atoms with E-state index in [1.165, 1.54) is 13.4 Å². The minimum absolute atomic E-state index is 0.215. The van der Waals surface area contributed by atoms with Crippen LogP contribution in [0.5, 0.6) is 0 Å². The standard InChI is InChI=1S/C17H18OSe2/c1-2-16(18)17(20-15-11-7-4-8-12-15)13-19-14-9-5-3-6-10-14/h3-13,16,18H,2H2,1H3/b17-13-. The van der Waals surface area contributed by atoms with Gasteiger partial charge in [0.15, 0.2) is 0 Å². The second-order valence-corrected chi connectivity index (χ2v) is 8.67. The zero-order valence-corrected chi connectivity index (χ0v) is 14.8. The van der Waals surface area contributed by atoms with Crippen LogP contribution in [0.4, 0.5) is 0 Å². The monoisotopic (exact) mass is 398 g/mol. The average Bonchev–Trinajstić information content (AvgIpc) is 2.52. The molecule has 2 aromatic carbocycles. The zero-order chi connectivity index (χ0) is 14.2. The molecule has 0 amide bonds. The van der Waals surface area contributed by atoms with Crippen LogP contribution in [0.3, 0.4) is 0 Å². The summed E-state index contributed by atoms with van der Waals surface area (Å²) in [6, 6.07) is 20.9. The van der Waals surface area contributed by atoms with Crippen LogP contribution in [0.15, 0.2) is 70.1 Å². The summed E-state index contributed by atoms with van der Waals surface area (Å²) in [7, 11) is 0. The van der Waals surface area contributed by atoms with Crippen molar-refractivity contribution in [2.45, 2.75) is 19.4 Å². The molecule has 1 atom stereocenters. The van der Waals surface area contributed by atoms with Crippen LogP contribution in [0.1, 0.15) is 13.3 Å². The fourth-order valence-corrected chi connectivity index (χ4v) is 6.11. The third-order valence-electron chi connectivity index (χ3n) is 2.75. The average molecular weight is 396 g/mol. The molecule has 0 spiro atoms. The molecule has 0 fully saturated rings. The van der Waals surface area contributed by atoms with Crippen LogP contribution in [-0.4, -0.2) is 41.1 Å². The van der Waals surface area contributed by atoms with Gasteiger partial charge in [-0.15, -0.1) is 0 Å². The van der Waals surface area contributed by atoms with Crippen molar-refractivity contribution in [2.24, 2.45) is 0 Å². The summed E-state index contributed by atoms with van der Waals surface area (Å²) in [5.41, 5.74) is 0. The predicted octanol–water partition coefficient (Wildman–Crippen LogP) is 1.66. The summed E-state index contributed by atoms with van der Waals surface area (Å²) in [5, 5.41) is 10.2. The molecular formula is C17H18OSe2. The first kappa shape index (κ1) is 15.6. The molecule has 0 radical (unpaired) electrons. The molecule has 2 aromatic rings. The molecule has 1 N–H and O–H groups in total. The number of aliphatic hydroxyl groups excluding tert-OH is 1. The van der Waals surface area contributed by atoms with Crippen molar-refractivity contribution in [3.63, 3.8) is 0 Å². The number of rotatable bonds is 6. The normalized spacial score (nSPS) is 13.2. The molecule has 0 saturated heterocycles. The zero-order valence-electron chi connectivity index (χ0n) is 11.4. The third-order valence-corrected chi connectivity index (χ3v) is 7.81. The van der Waals surface area contributed by atoms with E-state index in [4.69, 9.17) is 0 Å². The molecule has 0 aliphatic heterocycles. The summed E-state index contributed by atoms with van der Waals surface area (Å²) in [4.78, 5) is 2.27. The second kappa shape index (κ2) is 8.46. The summed E-state index contributed by atoms with van der Waals surface area (Å²) in [5.74, 6) is 0. The molecule has 0 aromatic heterocycles. The Kier molecular flexibility index (Phi) is 6.59.